The Bertz CT molecular complexity index is 685. The summed E-state index contributed by atoms with van der Waals surface area (Å²) in [6, 6.07) is 4.67. The normalized spacial score (nSPS) is 16.6. The van der Waals surface area contributed by atoms with E-state index < -0.39 is 6.04 Å². The van der Waals surface area contributed by atoms with Gasteiger partial charge in [-0.1, -0.05) is 0 Å². The van der Waals surface area contributed by atoms with Crippen LogP contribution in [0.2, 0.25) is 0 Å². The van der Waals surface area contributed by atoms with Crippen LogP contribution in [-0.4, -0.2) is 52.5 Å². The molecule has 1 unspecified atom stereocenters. The molecule has 1 aliphatic rings. The van der Waals surface area contributed by atoms with E-state index in [1.165, 1.54) is 11.0 Å². The van der Waals surface area contributed by atoms with Crippen LogP contribution in [0.3, 0.4) is 0 Å². The summed E-state index contributed by atoms with van der Waals surface area (Å²) in [7, 11) is 1.56. The van der Waals surface area contributed by atoms with Crippen LogP contribution in [0.5, 0.6) is 5.75 Å². The molecule has 1 aliphatic heterocycles. The Hall–Kier alpha value is -2.52. The van der Waals surface area contributed by atoms with Gasteiger partial charge in [0.05, 0.1) is 13.2 Å². The van der Waals surface area contributed by atoms with Crippen molar-refractivity contribution in [2.24, 2.45) is 11.7 Å². The number of hydrogen-bond acceptors (Lipinski definition) is 7. The van der Waals surface area contributed by atoms with Gasteiger partial charge in [0.15, 0.2) is 0 Å². The Labute approximate surface area is 139 Å². The van der Waals surface area contributed by atoms with Crippen molar-refractivity contribution in [1.82, 2.24) is 20.2 Å². The molecule has 1 aromatic heterocycles. The van der Waals surface area contributed by atoms with E-state index in [0.717, 1.165) is 12.8 Å². The molecule has 0 bridgehead atoms. The Morgan fingerprint density at radius 2 is 2.25 bits per heavy atom. The van der Waals surface area contributed by atoms with Gasteiger partial charge in [-0.25, -0.2) is 0 Å². The smallest absolute Gasteiger partial charge is 0.241 e. The first-order valence-corrected chi connectivity index (χ1v) is 7.74. The number of rotatable bonds is 5. The van der Waals surface area contributed by atoms with Crippen molar-refractivity contribution in [1.29, 1.82) is 0 Å². The minimum atomic E-state index is -0.563. The predicted molar refractivity (Wildman–Crippen MR) is 85.9 cm³/mol. The van der Waals surface area contributed by atoms with Gasteiger partial charge in [0.25, 0.3) is 0 Å². The topological polar surface area (TPSA) is 117 Å². The fourth-order valence-corrected chi connectivity index (χ4v) is 2.73. The highest BCUT2D eigenvalue weighted by Crippen LogP contribution is 2.26. The third kappa shape index (κ3) is 3.52. The summed E-state index contributed by atoms with van der Waals surface area (Å²) in [5.74, 6) is 0.514. The summed E-state index contributed by atoms with van der Waals surface area (Å²) in [6.07, 6.45) is 3.05. The number of carbonyl (C=O) groups excluding carboxylic acids is 1. The Morgan fingerprint density at radius 1 is 1.46 bits per heavy atom. The SMILES string of the molecule is COc1ccc(NC(=O)C(N)C2CCOCC2)cc1-n1cnnn1. The average Bonchev–Trinajstić information content (AvgIpc) is 3.16. The number of nitrogens with zero attached hydrogens (tertiary/aromatic N) is 4. The third-order valence-corrected chi connectivity index (χ3v) is 4.12. The van der Waals surface area contributed by atoms with Crippen LogP contribution in [0.15, 0.2) is 24.5 Å². The third-order valence-electron chi connectivity index (χ3n) is 4.12. The molecule has 9 nitrogen and oxygen atoms in total. The lowest BCUT2D eigenvalue weighted by Gasteiger charge is -2.26. The van der Waals surface area contributed by atoms with Crippen molar-refractivity contribution in [3.63, 3.8) is 0 Å². The number of anilines is 1. The number of methoxy groups -OCH3 is 1. The van der Waals surface area contributed by atoms with E-state index in [1.807, 2.05) is 0 Å². The second-order valence-electron chi connectivity index (χ2n) is 5.61. The highest BCUT2D eigenvalue weighted by molar-refractivity contribution is 5.95. The van der Waals surface area contributed by atoms with E-state index in [1.54, 1.807) is 25.3 Å². The molecule has 1 atom stereocenters. The van der Waals surface area contributed by atoms with E-state index in [4.69, 9.17) is 15.2 Å². The first-order chi connectivity index (χ1) is 11.7. The summed E-state index contributed by atoms with van der Waals surface area (Å²) >= 11 is 0. The maximum absolute atomic E-state index is 12.4. The number of hydrogen-bond donors (Lipinski definition) is 2. The summed E-state index contributed by atoms with van der Waals surface area (Å²) < 4.78 is 12.1. The van der Waals surface area contributed by atoms with Crippen LogP contribution in [0.1, 0.15) is 12.8 Å². The molecule has 1 fully saturated rings. The zero-order valence-corrected chi connectivity index (χ0v) is 13.4. The first kappa shape index (κ1) is 16.3. The lowest BCUT2D eigenvalue weighted by Crippen LogP contribution is -2.44. The number of carbonyl (C=O) groups is 1. The quantitative estimate of drug-likeness (QED) is 0.812. The Kier molecular flexibility index (Phi) is 5.02. The number of nitrogens with one attached hydrogen (secondary N) is 1. The van der Waals surface area contributed by atoms with Crippen LogP contribution in [0.4, 0.5) is 5.69 Å². The monoisotopic (exact) mass is 332 g/mol. The lowest BCUT2D eigenvalue weighted by atomic mass is 9.92. The molecule has 9 heteroatoms. The zero-order valence-electron chi connectivity index (χ0n) is 13.4. The number of amides is 1. The standard InChI is InChI=1S/C15H20N6O3/c1-23-13-3-2-11(8-12(13)21-9-17-19-20-21)18-15(22)14(16)10-4-6-24-7-5-10/h2-3,8-10,14H,4-7,16H2,1H3,(H,18,22). The number of nitrogens with two attached hydrogens (primary N) is 1. The molecule has 0 aliphatic carbocycles. The molecule has 128 valence electrons. The van der Waals surface area contributed by atoms with Crippen LogP contribution in [0.25, 0.3) is 5.69 Å². The van der Waals surface area contributed by atoms with Gasteiger partial charge in [0, 0.05) is 18.9 Å². The van der Waals surface area contributed by atoms with Gasteiger partial charge in [0.2, 0.25) is 5.91 Å². The first-order valence-electron chi connectivity index (χ1n) is 7.74. The molecule has 1 amide bonds. The molecule has 3 N–H and O–H groups in total. The van der Waals surface area contributed by atoms with Crippen LogP contribution in [0, 0.1) is 5.92 Å². The molecule has 1 saturated heterocycles. The summed E-state index contributed by atoms with van der Waals surface area (Å²) in [4.78, 5) is 12.4. The van der Waals surface area contributed by atoms with Crippen LogP contribution < -0.4 is 15.8 Å². The van der Waals surface area contributed by atoms with Gasteiger partial charge in [-0.3, -0.25) is 4.79 Å². The highest BCUT2D eigenvalue weighted by Gasteiger charge is 2.26. The minimum absolute atomic E-state index is 0.135. The van der Waals surface area contributed by atoms with Gasteiger partial charge in [-0.2, -0.15) is 4.68 Å². The molecule has 0 spiro atoms. The van der Waals surface area contributed by atoms with E-state index in [2.05, 4.69) is 20.8 Å². The fraction of sp³-hybridized carbons (Fsp3) is 0.467. The second kappa shape index (κ2) is 7.37. The molecule has 2 aromatic rings. The van der Waals surface area contributed by atoms with Crippen molar-refractivity contribution < 1.29 is 14.3 Å². The predicted octanol–water partition coefficient (Wildman–Crippen LogP) is 0.363. The van der Waals surface area contributed by atoms with E-state index in [-0.39, 0.29) is 11.8 Å². The molecule has 3 rings (SSSR count). The number of aromatic nitrogens is 4. The van der Waals surface area contributed by atoms with Crippen molar-refractivity contribution in [2.45, 2.75) is 18.9 Å². The minimum Gasteiger partial charge on any atom is -0.494 e. The van der Waals surface area contributed by atoms with Gasteiger partial charge in [0.1, 0.15) is 17.8 Å². The Morgan fingerprint density at radius 3 is 2.92 bits per heavy atom. The zero-order chi connectivity index (χ0) is 16.9. The largest absolute Gasteiger partial charge is 0.494 e. The van der Waals surface area contributed by atoms with Gasteiger partial charge in [-0.05, 0) is 47.4 Å². The number of benzene rings is 1. The maximum Gasteiger partial charge on any atom is 0.241 e. The van der Waals surface area contributed by atoms with Crippen molar-refractivity contribution in [3.8, 4) is 11.4 Å². The summed E-state index contributed by atoms with van der Waals surface area (Å²) in [6.45, 7) is 1.30. The Balaban J connectivity index is 1.75. The van der Waals surface area contributed by atoms with Gasteiger partial charge >= 0.3 is 0 Å². The molecular weight excluding hydrogens is 312 g/mol. The highest BCUT2D eigenvalue weighted by atomic mass is 16.5. The molecular formula is C15H20N6O3. The average molecular weight is 332 g/mol. The lowest BCUT2D eigenvalue weighted by molar-refractivity contribution is -0.119. The fourth-order valence-electron chi connectivity index (χ4n) is 2.73. The molecule has 24 heavy (non-hydrogen) atoms. The summed E-state index contributed by atoms with van der Waals surface area (Å²) in [5.41, 5.74) is 7.33. The van der Waals surface area contributed by atoms with Gasteiger partial charge < -0.3 is 20.5 Å². The van der Waals surface area contributed by atoms with Crippen molar-refractivity contribution in [3.05, 3.63) is 24.5 Å². The van der Waals surface area contributed by atoms with Gasteiger partial charge in [-0.15, -0.1) is 5.10 Å². The molecule has 0 radical (unpaired) electrons. The van der Waals surface area contributed by atoms with Crippen molar-refractivity contribution >= 4 is 11.6 Å². The molecule has 1 aromatic carbocycles. The number of ether oxygens (including phenoxy) is 2. The second-order valence-corrected chi connectivity index (χ2v) is 5.61. The van der Waals surface area contributed by atoms with Crippen LogP contribution in [-0.2, 0) is 9.53 Å². The molecule has 0 saturated carbocycles. The number of tetrazole rings is 1. The van der Waals surface area contributed by atoms with E-state index >= 15 is 0 Å². The summed E-state index contributed by atoms with van der Waals surface area (Å²) in [5, 5.41) is 13.9. The molecule has 2 heterocycles. The van der Waals surface area contributed by atoms with E-state index in [0.29, 0.717) is 30.3 Å². The maximum atomic E-state index is 12.4. The van der Waals surface area contributed by atoms with Crippen molar-refractivity contribution in [2.75, 3.05) is 25.6 Å². The van der Waals surface area contributed by atoms with E-state index in [9.17, 15) is 4.79 Å². The van der Waals surface area contributed by atoms with Crippen LogP contribution >= 0.6 is 0 Å².